The summed E-state index contributed by atoms with van der Waals surface area (Å²) in [5.41, 5.74) is 6.95. The van der Waals surface area contributed by atoms with E-state index >= 15 is 0 Å². The third kappa shape index (κ3) is 7.90. The molecule has 2 aromatic carbocycles. The Morgan fingerprint density at radius 3 is 1.54 bits per heavy atom. The van der Waals surface area contributed by atoms with Crippen LogP contribution in [0.3, 0.4) is 0 Å². The van der Waals surface area contributed by atoms with Crippen LogP contribution in [0.25, 0.3) is 0 Å². The average molecular weight is 381 g/mol. The third-order valence-corrected chi connectivity index (χ3v) is 3.49. The van der Waals surface area contributed by atoms with E-state index in [0.29, 0.717) is 13.2 Å². The van der Waals surface area contributed by atoms with Crippen LogP contribution in [0.1, 0.15) is 37.8 Å². The zero-order valence-electron chi connectivity index (χ0n) is 16.3. The molecule has 0 saturated heterocycles. The molecule has 0 bridgehead atoms. The number of hydrogen-bond acceptors (Lipinski definition) is 5. The number of benzene rings is 2. The van der Waals surface area contributed by atoms with E-state index in [9.17, 15) is 0 Å². The van der Waals surface area contributed by atoms with Crippen LogP contribution in [-0.2, 0) is 0 Å². The lowest BCUT2D eigenvalue weighted by Crippen LogP contribution is -2.29. The number of hydrazone groups is 2. The van der Waals surface area contributed by atoms with Gasteiger partial charge in [0.05, 0.1) is 25.6 Å². The van der Waals surface area contributed by atoms with Crippen molar-refractivity contribution in [3.63, 3.8) is 0 Å². The van der Waals surface area contributed by atoms with E-state index in [-0.39, 0.29) is 5.96 Å². The second kappa shape index (κ2) is 12.1. The highest BCUT2D eigenvalue weighted by Gasteiger charge is 1.95. The molecule has 148 valence electrons. The quantitative estimate of drug-likeness (QED) is 0.332. The smallest absolute Gasteiger partial charge is 0.230 e. The molecule has 2 aromatic rings. The zero-order chi connectivity index (χ0) is 20.0. The maximum absolute atomic E-state index is 7.75. The van der Waals surface area contributed by atoms with E-state index in [1.54, 1.807) is 12.4 Å². The summed E-state index contributed by atoms with van der Waals surface area (Å²) in [5.74, 6) is 1.64. The summed E-state index contributed by atoms with van der Waals surface area (Å²) in [6, 6.07) is 15.2. The maximum Gasteiger partial charge on any atom is 0.230 e. The topological polar surface area (TPSA) is 91.1 Å². The normalized spacial score (nSPS) is 10.9. The van der Waals surface area contributed by atoms with Gasteiger partial charge in [0.25, 0.3) is 0 Å². The summed E-state index contributed by atoms with van der Waals surface area (Å²) < 4.78 is 11.1. The van der Waals surface area contributed by atoms with Crippen LogP contribution < -0.4 is 20.3 Å². The molecule has 0 amide bonds. The number of nitrogens with zero attached hydrogens (tertiary/aromatic N) is 2. The lowest BCUT2D eigenvalue weighted by molar-refractivity contribution is 0.317. The Balaban J connectivity index is 1.73. The predicted octanol–water partition coefficient (Wildman–Crippen LogP) is 3.75. The highest BCUT2D eigenvalue weighted by Crippen LogP contribution is 2.12. The number of ether oxygens (including phenoxy) is 2. The Labute approximate surface area is 166 Å². The highest BCUT2D eigenvalue weighted by atomic mass is 16.5. The van der Waals surface area contributed by atoms with Gasteiger partial charge in [-0.2, -0.15) is 10.2 Å². The first kappa shape index (κ1) is 21.0. The second-order valence-electron chi connectivity index (χ2n) is 5.95. The Morgan fingerprint density at radius 2 is 1.18 bits per heavy atom. The molecule has 0 aliphatic carbocycles. The fourth-order valence-corrected chi connectivity index (χ4v) is 2.11. The van der Waals surface area contributed by atoms with Crippen molar-refractivity contribution < 1.29 is 9.47 Å². The summed E-state index contributed by atoms with van der Waals surface area (Å²) in [6.07, 6.45) is 5.20. The van der Waals surface area contributed by atoms with E-state index in [4.69, 9.17) is 14.9 Å². The second-order valence-corrected chi connectivity index (χ2v) is 5.95. The van der Waals surface area contributed by atoms with Gasteiger partial charge in [-0.25, -0.2) is 10.9 Å². The Kier molecular flexibility index (Phi) is 9.06. The van der Waals surface area contributed by atoms with Gasteiger partial charge in [-0.15, -0.1) is 0 Å². The minimum Gasteiger partial charge on any atom is -0.494 e. The first-order valence-corrected chi connectivity index (χ1v) is 9.33. The van der Waals surface area contributed by atoms with Crippen molar-refractivity contribution in [2.75, 3.05) is 13.2 Å². The fourth-order valence-electron chi connectivity index (χ4n) is 2.11. The summed E-state index contributed by atoms with van der Waals surface area (Å²) >= 11 is 0. The predicted molar refractivity (Wildman–Crippen MR) is 114 cm³/mol. The van der Waals surface area contributed by atoms with Crippen molar-refractivity contribution in [2.45, 2.75) is 26.7 Å². The molecule has 0 saturated carbocycles. The van der Waals surface area contributed by atoms with E-state index < -0.39 is 0 Å². The molecule has 0 unspecified atom stereocenters. The van der Waals surface area contributed by atoms with Crippen molar-refractivity contribution >= 4 is 18.4 Å². The maximum atomic E-state index is 7.75. The lowest BCUT2D eigenvalue weighted by atomic mass is 10.2. The number of guanidine groups is 1. The third-order valence-electron chi connectivity index (χ3n) is 3.49. The first-order chi connectivity index (χ1) is 13.7. The van der Waals surface area contributed by atoms with Crippen LogP contribution in [0.5, 0.6) is 11.5 Å². The fraction of sp³-hybridized carbons (Fsp3) is 0.286. The Bertz CT molecular complexity index is 705. The molecule has 0 spiro atoms. The minimum atomic E-state index is -0.0294. The van der Waals surface area contributed by atoms with Gasteiger partial charge in [-0.05, 0) is 72.5 Å². The molecule has 7 nitrogen and oxygen atoms in total. The van der Waals surface area contributed by atoms with Gasteiger partial charge in [-0.1, -0.05) is 13.8 Å². The summed E-state index contributed by atoms with van der Waals surface area (Å²) in [4.78, 5) is 0. The standard InChI is InChI=1S/C21H27N5O2/c1-3-13-27-19-9-5-17(6-10-19)15-23-25-21(22)26-24-16-18-7-11-20(12-8-18)28-14-4-2/h5-12,15-16H,3-4,13-14H2,1-2H3,(H3,22,25,26)/b23-15+,24-16+. The molecule has 0 aromatic heterocycles. The lowest BCUT2D eigenvalue weighted by Gasteiger charge is -2.04. The van der Waals surface area contributed by atoms with Crippen molar-refractivity contribution in [3.05, 3.63) is 59.7 Å². The van der Waals surface area contributed by atoms with Gasteiger partial charge in [-0.3, -0.25) is 5.41 Å². The van der Waals surface area contributed by atoms with Crippen LogP contribution in [0, 0.1) is 5.41 Å². The molecule has 0 atom stereocenters. The van der Waals surface area contributed by atoms with Gasteiger partial charge in [0.1, 0.15) is 11.5 Å². The van der Waals surface area contributed by atoms with Crippen LogP contribution in [0.15, 0.2) is 58.7 Å². The molecule has 28 heavy (non-hydrogen) atoms. The van der Waals surface area contributed by atoms with Crippen LogP contribution >= 0.6 is 0 Å². The van der Waals surface area contributed by atoms with Gasteiger partial charge in [0.15, 0.2) is 0 Å². The van der Waals surface area contributed by atoms with Crippen LogP contribution in [0.4, 0.5) is 0 Å². The molecule has 3 N–H and O–H groups in total. The molecule has 0 heterocycles. The van der Waals surface area contributed by atoms with Crippen molar-refractivity contribution in [3.8, 4) is 11.5 Å². The molecule has 0 aliphatic heterocycles. The van der Waals surface area contributed by atoms with E-state index in [0.717, 1.165) is 35.5 Å². The van der Waals surface area contributed by atoms with Crippen molar-refractivity contribution in [1.29, 1.82) is 5.41 Å². The monoisotopic (exact) mass is 381 g/mol. The molecule has 7 heteroatoms. The van der Waals surface area contributed by atoms with Gasteiger partial charge in [0.2, 0.25) is 5.96 Å². The first-order valence-electron chi connectivity index (χ1n) is 9.33. The summed E-state index contributed by atoms with van der Waals surface area (Å²) in [6.45, 7) is 5.54. The Hall–Kier alpha value is -3.35. The SMILES string of the molecule is CCCOc1ccc(/C=N/NC(=N)N/N=C/c2ccc(OCCC)cc2)cc1. The number of nitrogens with one attached hydrogen (secondary N) is 3. The molecule has 0 radical (unpaired) electrons. The Morgan fingerprint density at radius 1 is 0.786 bits per heavy atom. The molecular formula is C21H27N5O2. The van der Waals surface area contributed by atoms with Crippen LogP contribution in [-0.4, -0.2) is 31.6 Å². The average Bonchev–Trinajstić information content (AvgIpc) is 2.72. The number of hydrogen-bond donors (Lipinski definition) is 3. The van der Waals surface area contributed by atoms with E-state index in [1.165, 1.54) is 0 Å². The molecule has 0 aliphatic rings. The van der Waals surface area contributed by atoms with Crippen molar-refractivity contribution in [1.82, 2.24) is 10.9 Å². The largest absolute Gasteiger partial charge is 0.494 e. The van der Waals surface area contributed by atoms with Crippen LogP contribution in [0.2, 0.25) is 0 Å². The van der Waals surface area contributed by atoms with Gasteiger partial charge >= 0.3 is 0 Å². The summed E-state index contributed by atoms with van der Waals surface area (Å²) in [5, 5.41) is 15.8. The van der Waals surface area contributed by atoms with E-state index in [1.807, 2.05) is 48.5 Å². The molecule has 0 fully saturated rings. The van der Waals surface area contributed by atoms with E-state index in [2.05, 4.69) is 34.9 Å². The molecule has 2 rings (SSSR count). The summed E-state index contributed by atoms with van der Waals surface area (Å²) in [7, 11) is 0. The highest BCUT2D eigenvalue weighted by molar-refractivity contribution is 5.84. The number of rotatable bonds is 10. The van der Waals surface area contributed by atoms with Gasteiger partial charge in [0, 0.05) is 0 Å². The van der Waals surface area contributed by atoms with Crippen molar-refractivity contribution in [2.24, 2.45) is 10.2 Å². The molecular weight excluding hydrogens is 354 g/mol. The minimum absolute atomic E-state index is 0.0294. The zero-order valence-corrected chi connectivity index (χ0v) is 16.3. The van der Waals surface area contributed by atoms with Gasteiger partial charge < -0.3 is 9.47 Å².